The minimum absolute atomic E-state index is 0.0783. The Labute approximate surface area is 183 Å². The fraction of sp³-hybridized carbons (Fsp3) is 0.0476. The molecule has 0 aliphatic rings. The highest BCUT2D eigenvalue weighted by Crippen LogP contribution is 2.33. The van der Waals surface area contributed by atoms with Crippen molar-refractivity contribution in [1.82, 2.24) is 14.8 Å². The maximum Gasteiger partial charge on any atom is 0.416 e. The van der Waals surface area contributed by atoms with Crippen molar-refractivity contribution in [2.75, 3.05) is 10.6 Å². The Kier molecular flexibility index (Phi) is 5.73. The van der Waals surface area contributed by atoms with Crippen LogP contribution in [0, 0.1) is 0 Å². The Bertz CT molecular complexity index is 1240. The monoisotopic (exact) mass is 457 g/mol. The Balaban J connectivity index is 1.55. The second-order valence-electron chi connectivity index (χ2n) is 6.53. The van der Waals surface area contributed by atoms with E-state index in [-0.39, 0.29) is 22.8 Å². The summed E-state index contributed by atoms with van der Waals surface area (Å²) in [4.78, 5) is 29.1. The van der Waals surface area contributed by atoms with E-state index in [0.717, 1.165) is 12.1 Å². The third-order valence-corrected chi connectivity index (χ3v) is 5.26. The lowest BCUT2D eigenvalue weighted by molar-refractivity contribution is -0.137. The third kappa shape index (κ3) is 4.67. The number of hydrogen-bond donors (Lipinski definition) is 2. The molecule has 4 rings (SSSR count). The number of thiophene rings is 1. The van der Waals surface area contributed by atoms with Crippen LogP contribution in [0.2, 0.25) is 0 Å². The number of aromatic nitrogens is 3. The summed E-state index contributed by atoms with van der Waals surface area (Å²) in [7, 11) is 0. The van der Waals surface area contributed by atoms with Crippen LogP contribution in [0.5, 0.6) is 0 Å². The highest BCUT2D eigenvalue weighted by molar-refractivity contribution is 7.12. The summed E-state index contributed by atoms with van der Waals surface area (Å²) >= 11 is 1.29. The van der Waals surface area contributed by atoms with E-state index < -0.39 is 17.6 Å². The van der Waals surface area contributed by atoms with Gasteiger partial charge in [-0.3, -0.25) is 9.59 Å². The lowest BCUT2D eigenvalue weighted by Gasteiger charge is -2.14. The second kappa shape index (κ2) is 8.63. The zero-order valence-electron chi connectivity index (χ0n) is 16.1. The molecule has 2 heterocycles. The molecule has 162 valence electrons. The van der Waals surface area contributed by atoms with Crippen molar-refractivity contribution in [3.63, 3.8) is 0 Å². The zero-order valence-corrected chi connectivity index (χ0v) is 16.9. The van der Waals surface area contributed by atoms with Crippen LogP contribution in [-0.2, 0) is 6.18 Å². The van der Waals surface area contributed by atoms with Crippen LogP contribution in [0.4, 0.5) is 24.5 Å². The Morgan fingerprint density at radius 1 is 0.969 bits per heavy atom. The molecule has 0 saturated heterocycles. The SMILES string of the molecule is O=C(Nc1cc(C(F)(F)F)ccc1-n1cncn1)c1ccc(NC(=O)c2cccs2)cc1. The quantitative estimate of drug-likeness (QED) is 0.448. The third-order valence-electron chi connectivity index (χ3n) is 4.39. The van der Waals surface area contributed by atoms with Gasteiger partial charge in [0.25, 0.3) is 11.8 Å². The van der Waals surface area contributed by atoms with Crippen molar-refractivity contribution in [1.29, 1.82) is 0 Å². The minimum atomic E-state index is -4.58. The summed E-state index contributed by atoms with van der Waals surface area (Å²) in [6, 6.07) is 12.4. The van der Waals surface area contributed by atoms with Crippen LogP contribution in [0.3, 0.4) is 0 Å². The normalized spacial score (nSPS) is 11.2. The first kappa shape index (κ1) is 21.2. The molecule has 0 fully saturated rings. The Hall–Kier alpha value is -3.99. The molecule has 32 heavy (non-hydrogen) atoms. The van der Waals surface area contributed by atoms with Crippen molar-refractivity contribution in [3.8, 4) is 5.69 Å². The second-order valence-corrected chi connectivity index (χ2v) is 7.48. The molecule has 11 heteroatoms. The predicted octanol–water partition coefficient (Wildman–Crippen LogP) is 4.85. The molecule has 0 aliphatic heterocycles. The molecule has 4 aromatic rings. The molecule has 2 aromatic carbocycles. The number of carbonyl (C=O) groups is 2. The summed E-state index contributed by atoms with van der Waals surface area (Å²) in [5.41, 5.74) is -0.0965. The van der Waals surface area contributed by atoms with E-state index in [4.69, 9.17) is 0 Å². The zero-order chi connectivity index (χ0) is 22.7. The van der Waals surface area contributed by atoms with Crippen LogP contribution in [0.25, 0.3) is 5.69 Å². The molecule has 2 aromatic heterocycles. The fourth-order valence-corrected chi connectivity index (χ4v) is 3.46. The van der Waals surface area contributed by atoms with Crippen molar-refractivity contribution < 1.29 is 22.8 Å². The average molecular weight is 457 g/mol. The molecule has 0 unspecified atom stereocenters. The molecule has 0 saturated carbocycles. The Morgan fingerprint density at radius 2 is 1.75 bits per heavy atom. The van der Waals surface area contributed by atoms with E-state index in [1.165, 1.54) is 59.0 Å². The molecule has 0 spiro atoms. The molecule has 0 atom stereocenters. The molecule has 0 aliphatic carbocycles. The van der Waals surface area contributed by atoms with Gasteiger partial charge in [-0.15, -0.1) is 11.3 Å². The number of rotatable bonds is 5. The first-order chi connectivity index (χ1) is 15.3. The van der Waals surface area contributed by atoms with Crippen LogP contribution in [0.15, 0.2) is 72.6 Å². The summed E-state index contributed by atoms with van der Waals surface area (Å²) < 4.78 is 40.8. The number of amides is 2. The van der Waals surface area contributed by atoms with Gasteiger partial charge in [0.05, 0.1) is 21.8 Å². The van der Waals surface area contributed by atoms with Crippen LogP contribution in [0.1, 0.15) is 25.6 Å². The van der Waals surface area contributed by atoms with E-state index in [0.29, 0.717) is 10.6 Å². The maximum atomic E-state index is 13.2. The predicted molar refractivity (Wildman–Crippen MR) is 113 cm³/mol. The number of nitrogens with zero attached hydrogens (tertiary/aromatic N) is 3. The van der Waals surface area contributed by atoms with Crippen molar-refractivity contribution in [2.24, 2.45) is 0 Å². The first-order valence-corrected chi connectivity index (χ1v) is 10.0. The van der Waals surface area contributed by atoms with E-state index >= 15 is 0 Å². The van der Waals surface area contributed by atoms with Gasteiger partial charge in [0, 0.05) is 11.3 Å². The summed E-state index contributed by atoms with van der Waals surface area (Å²) in [5, 5.41) is 10.9. The molecule has 2 N–H and O–H groups in total. The fourth-order valence-electron chi connectivity index (χ4n) is 2.84. The van der Waals surface area contributed by atoms with Gasteiger partial charge in [-0.1, -0.05) is 6.07 Å². The number of benzene rings is 2. The van der Waals surface area contributed by atoms with Gasteiger partial charge in [-0.2, -0.15) is 18.3 Å². The van der Waals surface area contributed by atoms with Gasteiger partial charge >= 0.3 is 6.18 Å². The van der Waals surface area contributed by atoms with Crippen molar-refractivity contribution >= 4 is 34.5 Å². The smallest absolute Gasteiger partial charge is 0.321 e. The van der Waals surface area contributed by atoms with Crippen molar-refractivity contribution in [3.05, 3.63) is 88.6 Å². The van der Waals surface area contributed by atoms with E-state index in [9.17, 15) is 22.8 Å². The van der Waals surface area contributed by atoms with Gasteiger partial charge in [0.1, 0.15) is 12.7 Å². The highest BCUT2D eigenvalue weighted by Gasteiger charge is 2.31. The summed E-state index contributed by atoms with van der Waals surface area (Å²) in [6.45, 7) is 0. The van der Waals surface area contributed by atoms with E-state index in [2.05, 4.69) is 20.7 Å². The molecule has 7 nitrogen and oxygen atoms in total. The molecular formula is C21H14F3N5O2S. The maximum absolute atomic E-state index is 13.2. The van der Waals surface area contributed by atoms with Crippen LogP contribution in [-0.4, -0.2) is 26.6 Å². The number of carbonyl (C=O) groups excluding carboxylic acids is 2. The number of hydrogen-bond acceptors (Lipinski definition) is 5. The molecular weight excluding hydrogens is 443 g/mol. The first-order valence-electron chi connectivity index (χ1n) is 9.14. The number of nitrogens with one attached hydrogen (secondary N) is 2. The molecule has 2 amide bonds. The summed E-state index contributed by atoms with van der Waals surface area (Å²) in [5.74, 6) is -0.902. The molecule has 0 radical (unpaired) electrons. The number of alkyl halides is 3. The number of halogens is 3. The standard InChI is InChI=1S/C21H14F3N5O2S/c22-21(23,24)14-5-8-17(29-12-25-11-26-29)16(10-14)28-19(30)13-3-6-15(7-4-13)27-20(31)18-2-1-9-32-18/h1-12H,(H,27,31)(H,28,30). The van der Waals surface area contributed by atoms with Gasteiger partial charge in [-0.25, -0.2) is 9.67 Å². The highest BCUT2D eigenvalue weighted by atomic mass is 32.1. The minimum Gasteiger partial charge on any atom is -0.321 e. The molecule has 0 bridgehead atoms. The van der Waals surface area contributed by atoms with Gasteiger partial charge in [-0.05, 0) is 53.9 Å². The number of anilines is 2. The van der Waals surface area contributed by atoms with E-state index in [1.54, 1.807) is 17.5 Å². The summed E-state index contributed by atoms with van der Waals surface area (Å²) in [6.07, 6.45) is -2.04. The Morgan fingerprint density at radius 3 is 2.38 bits per heavy atom. The van der Waals surface area contributed by atoms with Gasteiger partial charge in [0.15, 0.2) is 0 Å². The van der Waals surface area contributed by atoms with Gasteiger partial charge in [0.2, 0.25) is 0 Å². The van der Waals surface area contributed by atoms with E-state index in [1.807, 2.05) is 0 Å². The van der Waals surface area contributed by atoms with Crippen molar-refractivity contribution in [2.45, 2.75) is 6.18 Å². The van der Waals surface area contributed by atoms with Crippen LogP contribution < -0.4 is 10.6 Å². The topological polar surface area (TPSA) is 88.9 Å². The van der Waals surface area contributed by atoms with Crippen LogP contribution >= 0.6 is 11.3 Å². The average Bonchev–Trinajstić information content (AvgIpc) is 3.48. The van der Waals surface area contributed by atoms with Gasteiger partial charge < -0.3 is 10.6 Å². The largest absolute Gasteiger partial charge is 0.416 e. The lowest BCUT2D eigenvalue weighted by Crippen LogP contribution is -2.16. The lowest BCUT2D eigenvalue weighted by atomic mass is 10.1.